The zero-order valence-corrected chi connectivity index (χ0v) is 12.8. The van der Waals surface area contributed by atoms with Crippen molar-refractivity contribution in [2.45, 2.75) is 19.4 Å². The van der Waals surface area contributed by atoms with Gasteiger partial charge in [0.25, 0.3) is 0 Å². The topological polar surface area (TPSA) is 69.4 Å². The minimum Gasteiger partial charge on any atom is -0.465 e. The van der Waals surface area contributed by atoms with E-state index in [0.717, 1.165) is 0 Å². The van der Waals surface area contributed by atoms with Gasteiger partial charge in [-0.15, -0.1) is 0 Å². The fourth-order valence-corrected chi connectivity index (χ4v) is 2.31. The van der Waals surface area contributed by atoms with Crippen LogP contribution >= 0.6 is 0 Å². The van der Waals surface area contributed by atoms with E-state index >= 15 is 0 Å². The number of esters is 1. The van der Waals surface area contributed by atoms with Gasteiger partial charge in [0.15, 0.2) is 5.78 Å². The van der Waals surface area contributed by atoms with Crippen molar-refractivity contribution in [3.8, 4) is 0 Å². The Kier molecular flexibility index (Phi) is 5.60. The summed E-state index contributed by atoms with van der Waals surface area (Å²) in [5.41, 5.74) is 6.35. The van der Waals surface area contributed by atoms with E-state index in [1.807, 2.05) is 0 Å². The number of hydrogen-bond acceptors (Lipinski definition) is 4. The van der Waals surface area contributed by atoms with E-state index in [2.05, 4.69) is 0 Å². The van der Waals surface area contributed by atoms with Gasteiger partial charge in [-0.3, -0.25) is 9.59 Å². The average molecular weight is 315 g/mol. The van der Waals surface area contributed by atoms with Gasteiger partial charge in [-0.1, -0.05) is 36.4 Å². The van der Waals surface area contributed by atoms with Crippen molar-refractivity contribution in [1.29, 1.82) is 0 Å². The second-order valence-electron chi connectivity index (χ2n) is 4.98. The van der Waals surface area contributed by atoms with Crippen molar-refractivity contribution >= 4 is 11.8 Å². The smallest absolute Gasteiger partial charge is 0.321 e. The molecule has 120 valence electrons. The average Bonchev–Trinajstić information content (AvgIpc) is 2.56. The van der Waals surface area contributed by atoms with Crippen molar-refractivity contribution in [1.82, 2.24) is 0 Å². The summed E-state index contributed by atoms with van der Waals surface area (Å²) in [6, 6.07) is 12.6. The van der Waals surface area contributed by atoms with E-state index in [4.69, 9.17) is 10.5 Å². The van der Waals surface area contributed by atoms with Gasteiger partial charge >= 0.3 is 5.97 Å². The number of carbonyl (C=O) groups is 2. The number of ether oxygens (including phenoxy) is 1. The van der Waals surface area contributed by atoms with Crippen LogP contribution in [0.15, 0.2) is 48.5 Å². The van der Waals surface area contributed by atoms with Crippen LogP contribution in [0.25, 0.3) is 0 Å². The van der Waals surface area contributed by atoms with Gasteiger partial charge in [0.05, 0.1) is 12.2 Å². The summed E-state index contributed by atoms with van der Waals surface area (Å²) in [4.78, 5) is 24.9. The highest BCUT2D eigenvalue weighted by Gasteiger charge is 2.32. The van der Waals surface area contributed by atoms with Crippen LogP contribution < -0.4 is 5.73 Å². The number of halogens is 1. The number of benzene rings is 2. The Morgan fingerprint density at radius 3 is 2.43 bits per heavy atom. The molecule has 0 aliphatic carbocycles. The quantitative estimate of drug-likeness (QED) is 0.505. The first-order chi connectivity index (χ1) is 11.1. The number of Topliss-reactive ketones (excluding diaryl/α,β-unsaturated/α-hetero) is 1. The number of carbonyl (C=O) groups excluding carboxylic acids is 2. The lowest BCUT2D eigenvalue weighted by Gasteiger charge is -2.15. The van der Waals surface area contributed by atoms with E-state index in [1.165, 1.54) is 12.1 Å². The van der Waals surface area contributed by atoms with E-state index in [0.29, 0.717) is 11.1 Å². The third kappa shape index (κ3) is 3.81. The molecule has 5 heteroatoms. The molecule has 2 rings (SSSR count). The summed E-state index contributed by atoms with van der Waals surface area (Å²) in [5.74, 6) is -3.20. The molecule has 4 nitrogen and oxygen atoms in total. The largest absolute Gasteiger partial charge is 0.465 e. The number of ketones is 1. The molecule has 1 unspecified atom stereocenters. The molecule has 0 aliphatic heterocycles. The summed E-state index contributed by atoms with van der Waals surface area (Å²) < 4.78 is 19.2. The van der Waals surface area contributed by atoms with Crippen LogP contribution in [0.3, 0.4) is 0 Å². The van der Waals surface area contributed by atoms with Gasteiger partial charge in [0.2, 0.25) is 0 Å². The first kappa shape index (κ1) is 16.8. The fraction of sp³-hybridized carbons (Fsp3) is 0.222. The molecule has 0 saturated carbocycles. The lowest BCUT2D eigenvalue weighted by molar-refractivity contribution is -0.143. The van der Waals surface area contributed by atoms with Crippen LogP contribution in [-0.4, -0.2) is 18.4 Å². The molecule has 0 spiro atoms. The Labute approximate surface area is 134 Å². The molecule has 23 heavy (non-hydrogen) atoms. The molecule has 0 bridgehead atoms. The predicted molar refractivity (Wildman–Crippen MR) is 84.4 cm³/mol. The van der Waals surface area contributed by atoms with Gasteiger partial charge in [0.1, 0.15) is 11.7 Å². The Morgan fingerprint density at radius 2 is 1.87 bits per heavy atom. The molecule has 0 fully saturated rings. The maximum Gasteiger partial charge on any atom is 0.321 e. The zero-order valence-electron chi connectivity index (χ0n) is 12.8. The molecule has 0 saturated heterocycles. The highest BCUT2D eigenvalue weighted by atomic mass is 19.1. The maximum absolute atomic E-state index is 14.2. The lowest BCUT2D eigenvalue weighted by Crippen LogP contribution is -2.25. The number of nitrogens with two attached hydrogens (primary N) is 1. The van der Waals surface area contributed by atoms with E-state index in [-0.39, 0.29) is 18.7 Å². The summed E-state index contributed by atoms with van der Waals surface area (Å²) in [7, 11) is 0. The minimum absolute atomic E-state index is 0.143. The second kappa shape index (κ2) is 7.65. The predicted octanol–water partition coefficient (Wildman–Crippen LogP) is 2.81. The molecule has 0 amide bonds. The molecule has 2 N–H and O–H groups in total. The maximum atomic E-state index is 14.2. The SMILES string of the molecule is CCOC(=O)C(C(=O)c1ccc(CN)cc1F)c1ccccc1. The van der Waals surface area contributed by atoms with Crippen LogP contribution in [0.5, 0.6) is 0 Å². The van der Waals surface area contributed by atoms with Crippen LogP contribution in [0.1, 0.15) is 34.3 Å². The lowest BCUT2D eigenvalue weighted by atomic mass is 9.90. The molecular formula is C18H18FNO3. The van der Waals surface area contributed by atoms with Crippen LogP contribution in [0.2, 0.25) is 0 Å². The monoisotopic (exact) mass is 315 g/mol. The van der Waals surface area contributed by atoms with Crippen molar-refractivity contribution in [2.75, 3.05) is 6.61 Å². The first-order valence-corrected chi connectivity index (χ1v) is 7.32. The highest BCUT2D eigenvalue weighted by Crippen LogP contribution is 2.24. The molecule has 2 aromatic carbocycles. The van der Waals surface area contributed by atoms with Crippen LogP contribution in [0.4, 0.5) is 4.39 Å². The fourth-order valence-electron chi connectivity index (χ4n) is 2.31. The van der Waals surface area contributed by atoms with Gasteiger partial charge in [-0.25, -0.2) is 4.39 Å². The molecule has 2 aromatic rings. The second-order valence-corrected chi connectivity index (χ2v) is 4.98. The number of rotatable bonds is 6. The Balaban J connectivity index is 2.43. The zero-order chi connectivity index (χ0) is 16.8. The van der Waals surface area contributed by atoms with Crippen molar-refractivity contribution in [3.05, 3.63) is 71.0 Å². The van der Waals surface area contributed by atoms with Crippen molar-refractivity contribution in [3.63, 3.8) is 0 Å². The molecule has 0 aliphatic rings. The van der Waals surface area contributed by atoms with Crippen molar-refractivity contribution in [2.24, 2.45) is 5.73 Å². The minimum atomic E-state index is -1.19. The third-order valence-corrected chi connectivity index (χ3v) is 3.45. The molecule has 0 radical (unpaired) electrons. The summed E-state index contributed by atoms with van der Waals surface area (Å²) >= 11 is 0. The Hall–Kier alpha value is -2.53. The highest BCUT2D eigenvalue weighted by molar-refractivity contribution is 6.13. The molecular weight excluding hydrogens is 297 g/mol. The van der Waals surface area contributed by atoms with Crippen LogP contribution in [0, 0.1) is 5.82 Å². The first-order valence-electron chi connectivity index (χ1n) is 7.32. The van der Waals surface area contributed by atoms with E-state index < -0.39 is 23.5 Å². The Bertz CT molecular complexity index is 701. The van der Waals surface area contributed by atoms with Gasteiger partial charge < -0.3 is 10.5 Å². The van der Waals surface area contributed by atoms with Crippen LogP contribution in [-0.2, 0) is 16.1 Å². The summed E-state index contributed by atoms with van der Waals surface area (Å²) in [5, 5.41) is 0. The molecule has 0 heterocycles. The Morgan fingerprint density at radius 1 is 1.17 bits per heavy atom. The summed E-state index contributed by atoms with van der Waals surface area (Å²) in [6.45, 7) is 1.97. The van der Waals surface area contributed by atoms with E-state index in [9.17, 15) is 14.0 Å². The van der Waals surface area contributed by atoms with Crippen molar-refractivity contribution < 1.29 is 18.7 Å². The normalized spacial score (nSPS) is 11.8. The van der Waals surface area contributed by atoms with E-state index in [1.54, 1.807) is 43.3 Å². The molecule has 0 aromatic heterocycles. The molecule has 1 atom stereocenters. The summed E-state index contributed by atoms with van der Waals surface area (Å²) in [6.07, 6.45) is 0. The number of hydrogen-bond donors (Lipinski definition) is 1. The van der Waals surface area contributed by atoms with Gasteiger partial charge in [-0.2, -0.15) is 0 Å². The van der Waals surface area contributed by atoms with Gasteiger partial charge in [0, 0.05) is 6.54 Å². The van der Waals surface area contributed by atoms with Gasteiger partial charge in [-0.05, 0) is 30.2 Å². The third-order valence-electron chi connectivity index (χ3n) is 3.45. The standard InChI is InChI=1S/C18H18FNO3/c1-2-23-18(22)16(13-6-4-3-5-7-13)17(21)14-9-8-12(11-20)10-15(14)19/h3-10,16H,2,11,20H2,1H3.